The average molecular weight is 429 g/mol. The van der Waals surface area contributed by atoms with Crippen molar-refractivity contribution in [3.8, 4) is 6.07 Å². The number of imidazole rings is 1. The van der Waals surface area contributed by atoms with Crippen LogP contribution in [0.25, 0.3) is 11.0 Å². The van der Waals surface area contributed by atoms with Crippen LogP contribution >= 0.6 is 0 Å². The molecular formula is C23H29FN4O3. The van der Waals surface area contributed by atoms with Crippen LogP contribution in [-0.4, -0.2) is 53.0 Å². The number of hydrogen-bond acceptors (Lipinski definition) is 5. The third-order valence-electron chi connectivity index (χ3n) is 6.39. The Hall–Kier alpha value is -2.66. The zero-order chi connectivity index (χ0) is 22.2. The second kappa shape index (κ2) is 8.12. The lowest BCUT2D eigenvalue weighted by Crippen LogP contribution is -2.42. The van der Waals surface area contributed by atoms with Crippen molar-refractivity contribution in [2.75, 3.05) is 26.8 Å². The summed E-state index contributed by atoms with van der Waals surface area (Å²) in [6, 6.07) is 4.77. The number of benzene rings is 1. The van der Waals surface area contributed by atoms with Gasteiger partial charge in [-0.15, -0.1) is 0 Å². The number of fused-ring (bicyclic) bond motifs is 1. The zero-order valence-electron chi connectivity index (χ0n) is 18.4. The molecule has 2 aliphatic rings. The Bertz CT molecular complexity index is 1030. The van der Waals surface area contributed by atoms with E-state index < -0.39 is 11.4 Å². The van der Waals surface area contributed by atoms with Gasteiger partial charge in [0.2, 0.25) is 0 Å². The van der Waals surface area contributed by atoms with Crippen LogP contribution in [0.3, 0.4) is 0 Å². The van der Waals surface area contributed by atoms with Gasteiger partial charge in [-0.25, -0.2) is 14.2 Å². The minimum absolute atomic E-state index is 0.0217. The molecule has 1 amide bonds. The number of nitriles is 1. The fourth-order valence-electron chi connectivity index (χ4n) is 5.19. The third kappa shape index (κ3) is 4.38. The van der Waals surface area contributed by atoms with Crippen LogP contribution in [0.2, 0.25) is 0 Å². The van der Waals surface area contributed by atoms with E-state index in [1.165, 1.54) is 6.07 Å². The first-order valence-electron chi connectivity index (χ1n) is 10.8. The standard InChI is InChI=1S/C23H29FN4O3/c1-22(2,14-30-3)12-28-13-23(31-21(28)29)6-4-5-16(9-23)11-27-15-26-19-8-18(24)17(10-25)7-20(19)27/h7-8,15-16H,4-6,9,11-14H2,1-3H3/t16-,23-/m0/s1. The first-order valence-corrected chi connectivity index (χ1v) is 10.8. The number of ether oxygens (including phenoxy) is 2. The highest BCUT2D eigenvalue weighted by Crippen LogP contribution is 2.41. The molecule has 2 heterocycles. The van der Waals surface area contributed by atoms with Gasteiger partial charge in [-0.3, -0.25) is 0 Å². The minimum Gasteiger partial charge on any atom is -0.441 e. The molecule has 1 saturated heterocycles. The molecule has 2 aromatic rings. The van der Waals surface area contributed by atoms with Crippen LogP contribution in [0, 0.1) is 28.5 Å². The molecule has 1 aliphatic heterocycles. The minimum atomic E-state index is -0.550. The summed E-state index contributed by atoms with van der Waals surface area (Å²) in [4.78, 5) is 18.7. The molecule has 1 spiro atoms. The Kier molecular flexibility index (Phi) is 5.65. The Labute approximate surface area is 181 Å². The number of amides is 1. The molecule has 1 aliphatic carbocycles. The largest absolute Gasteiger partial charge is 0.441 e. The molecule has 0 unspecified atom stereocenters. The Morgan fingerprint density at radius 2 is 2.26 bits per heavy atom. The van der Waals surface area contributed by atoms with Crippen LogP contribution in [0.5, 0.6) is 0 Å². The van der Waals surface area contributed by atoms with Gasteiger partial charge in [0, 0.05) is 31.7 Å². The maximum Gasteiger partial charge on any atom is 0.410 e. The fourth-order valence-corrected chi connectivity index (χ4v) is 5.19. The fraction of sp³-hybridized carbons (Fsp3) is 0.609. The van der Waals surface area contributed by atoms with Crippen molar-refractivity contribution in [1.29, 1.82) is 5.26 Å². The van der Waals surface area contributed by atoms with E-state index in [0.29, 0.717) is 37.7 Å². The second-order valence-electron chi connectivity index (χ2n) is 9.80. The lowest BCUT2D eigenvalue weighted by molar-refractivity contribution is 0.00404. The SMILES string of the molecule is COCC(C)(C)CN1C[C@@]2(CCC[C@H](Cn3cnc4cc(F)c(C#N)cc43)C2)OC1=O. The summed E-state index contributed by atoms with van der Waals surface area (Å²) < 4.78 is 27.1. The van der Waals surface area contributed by atoms with Crippen molar-refractivity contribution in [1.82, 2.24) is 14.5 Å². The number of carbonyl (C=O) groups is 1. The summed E-state index contributed by atoms with van der Waals surface area (Å²) in [6.45, 7) is 6.64. The Morgan fingerprint density at radius 1 is 1.45 bits per heavy atom. The Morgan fingerprint density at radius 3 is 3.00 bits per heavy atom. The van der Waals surface area contributed by atoms with Crippen LogP contribution in [0.1, 0.15) is 45.1 Å². The van der Waals surface area contributed by atoms with Crippen molar-refractivity contribution in [3.05, 3.63) is 29.8 Å². The molecular weight excluding hydrogens is 399 g/mol. The highest BCUT2D eigenvalue weighted by Gasteiger charge is 2.48. The number of aromatic nitrogens is 2. The number of nitrogens with zero attached hydrogens (tertiary/aromatic N) is 4. The van der Waals surface area contributed by atoms with Gasteiger partial charge in [0.1, 0.15) is 17.5 Å². The molecule has 166 valence electrons. The molecule has 4 rings (SSSR count). The molecule has 0 N–H and O–H groups in total. The summed E-state index contributed by atoms with van der Waals surface area (Å²) in [5.41, 5.74) is 0.721. The number of rotatable bonds is 6. The second-order valence-corrected chi connectivity index (χ2v) is 9.80. The van der Waals surface area contributed by atoms with E-state index in [1.54, 1.807) is 19.5 Å². The number of hydrogen-bond donors (Lipinski definition) is 0. The van der Waals surface area contributed by atoms with Crippen molar-refractivity contribution < 1.29 is 18.7 Å². The van der Waals surface area contributed by atoms with Crippen molar-refractivity contribution >= 4 is 17.1 Å². The molecule has 1 aromatic heterocycles. The van der Waals surface area contributed by atoms with E-state index >= 15 is 0 Å². The molecule has 8 heteroatoms. The van der Waals surface area contributed by atoms with Crippen LogP contribution in [0.4, 0.5) is 9.18 Å². The van der Waals surface area contributed by atoms with E-state index in [0.717, 1.165) is 31.2 Å². The van der Waals surface area contributed by atoms with Gasteiger partial charge in [0.05, 0.1) is 36.1 Å². The monoisotopic (exact) mass is 428 g/mol. The molecule has 1 saturated carbocycles. The van der Waals surface area contributed by atoms with E-state index in [-0.39, 0.29) is 17.1 Å². The van der Waals surface area contributed by atoms with Crippen LogP contribution < -0.4 is 0 Å². The first-order chi connectivity index (χ1) is 14.7. The summed E-state index contributed by atoms with van der Waals surface area (Å²) in [6.07, 6.45) is 5.12. The normalized spacial score (nSPS) is 24.0. The molecule has 0 bridgehead atoms. The maximum atomic E-state index is 13.9. The predicted octanol–water partition coefficient (Wildman–Crippen LogP) is 4.10. The Balaban J connectivity index is 1.48. The van der Waals surface area contributed by atoms with Gasteiger partial charge in [0.15, 0.2) is 0 Å². The molecule has 7 nitrogen and oxygen atoms in total. The third-order valence-corrected chi connectivity index (χ3v) is 6.39. The van der Waals surface area contributed by atoms with Gasteiger partial charge in [-0.1, -0.05) is 13.8 Å². The molecule has 1 aromatic carbocycles. The van der Waals surface area contributed by atoms with Crippen LogP contribution in [0.15, 0.2) is 18.5 Å². The summed E-state index contributed by atoms with van der Waals surface area (Å²) in [5.74, 6) is -0.243. The number of carbonyl (C=O) groups excluding carboxylic acids is 1. The lowest BCUT2D eigenvalue weighted by atomic mass is 9.77. The van der Waals surface area contributed by atoms with Gasteiger partial charge in [0.25, 0.3) is 0 Å². The van der Waals surface area contributed by atoms with E-state index in [4.69, 9.17) is 14.7 Å². The van der Waals surface area contributed by atoms with E-state index in [1.807, 2.05) is 15.5 Å². The predicted molar refractivity (Wildman–Crippen MR) is 113 cm³/mol. The van der Waals surface area contributed by atoms with Crippen molar-refractivity contribution in [2.24, 2.45) is 11.3 Å². The number of methoxy groups -OCH3 is 1. The first kappa shape index (κ1) is 21.6. The highest BCUT2D eigenvalue weighted by molar-refractivity contribution is 5.77. The molecule has 0 radical (unpaired) electrons. The van der Waals surface area contributed by atoms with Crippen molar-refractivity contribution in [2.45, 2.75) is 51.7 Å². The van der Waals surface area contributed by atoms with Gasteiger partial charge in [-0.05, 0) is 37.7 Å². The van der Waals surface area contributed by atoms with Gasteiger partial charge < -0.3 is 18.9 Å². The number of halogens is 1. The van der Waals surface area contributed by atoms with Crippen molar-refractivity contribution in [3.63, 3.8) is 0 Å². The summed E-state index contributed by atoms with van der Waals surface area (Å²) in [7, 11) is 1.67. The summed E-state index contributed by atoms with van der Waals surface area (Å²) in [5, 5.41) is 9.15. The van der Waals surface area contributed by atoms with Crippen LogP contribution in [-0.2, 0) is 16.0 Å². The molecule has 2 fully saturated rings. The molecule has 31 heavy (non-hydrogen) atoms. The zero-order valence-corrected chi connectivity index (χ0v) is 18.4. The van der Waals surface area contributed by atoms with Gasteiger partial charge >= 0.3 is 6.09 Å². The lowest BCUT2D eigenvalue weighted by Gasteiger charge is -2.36. The van der Waals surface area contributed by atoms with E-state index in [9.17, 15) is 9.18 Å². The molecule has 2 atom stereocenters. The highest BCUT2D eigenvalue weighted by atomic mass is 19.1. The van der Waals surface area contributed by atoms with E-state index in [2.05, 4.69) is 18.8 Å². The topological polar surface area (TPSA) is 80.4 Å². The van der Waals surface area contributed by atoms with Gasteiger partial charge in [-0.2, -0.15) is 5.26 Å². The quantitative estimate of drug-likeness (QED) is 0.692. The average Bonchev–Trinajstić information content (AvgIpc) is 3.20. The smallest absolute Gasteiger partial charge is 0.410 e. The summed E-state index contributed by atoms with van der Waals surface area (Å²) >= 11 is 0. The maximum absolute atomic E-state index is 13.9.